The van der Waals surface area contributed by atoms with Crippen molar-refractivity contribution >= 4 is 28.2 Å². The number of halogens is 4. The molecule has 0 fully saturated rings. The maximum absolute atomic E-state index is 15.1. The molecule has 0 bridgehead atoms. The number of aromatic nitrogens is 6. The monoisotopic (exact) mass is 1020 g/mol. The average molecular weight is 1020 g/mol. The van der Waals surface area contributed by atoms with Crippen LogP contribution >= 0.6 is 22.6 Å². The summed E-state index contributed by atoms with van der Waals surface area (Å²) in [5.41, 5.74) is 4.90. The predicted octanol–water partition coefficient (Wildman–Crippen LogP) is 15.4. The fraction of sp³-hybridized carbons (Fsp3) is 0.0526. The standard InChI is InChI=1S/C57H40F3IN6O2/c1-3-5-15-38(4-2)50-62-51(39-16-9-6-10-17-39)65-54(63-50)42-22-30-46(31-23-42)68-48-34-26-44(27-35-48)56(61,57(58,59)60)45-28-36-49(37-29-45)69-47-32-24-43(25-33-47)55-66-52(40-18-11-7-12-19-40)64-53(67-55)41-20-13-8-14-21-41/h3-37H,1H2,2H3/b15-5-,38-4+/t56-/m1/s1. The van der Waals surface area contributed by atoms with E-state index in [1.807, 2.05) is 140 Å². The third-order valence-corrected chi connectivity index (χ3v) is 12.8. The summed E-state index contributed by atoms with van der Waals surface area (Å²) in [6.07, 6.45) is 2.66. The van der Waals surface area contributed by atoms with Gasteiger partial charge in [-0.1, -0.05) is 169 Å². The summed E-state index contributed by atoms with van der Waals surface area (Å²) < 4.78 is 55.2. The molecule has 0 aliphatic rings. The molecular formula is C57H40F3IN6O2. The molecule has 8 nitrogen and oxygen atoms in total. The molecule has 12 heteroatoms. The number of rotatable bonds is 14. The van der Waals surface area contributed by atoms with Crippen LogP contribution in [0.1, 0.15) is 23.9 Å². The lowest BCUT2D eigenvalue weighted by molar-refractivity contribution is -0.146. The van der Waals surface area contributed by atoms with E-state index in [4.69, 9.17) is 39.4 Å². The zero-order chi connectivity index (χ0) is 47.8. The van der Waals surface area contributed by atoms with Crippen molar-refractivity contribution in [2.75, 3.05) is 0 Å². The lowest BCUT2D eigenvalue weighted by Gasteiger charge is -2.31. The zero-order valence-electron chi connectivity index (χ0n) is 36.9. The van der Waals surface area contributed by atoms with Crippen molar-refractivity contribution in [2.45, 2.75) is 16.5 Å². The average Bonchev–Trinajstić information content (AvgIpc) is 3.40. The first-order valence-electron chi connectivity index (χ1n) is 21.8. The highest BCUT2D eigenvalue weighted by Crippen LogP contribution is 2.52. The summed E-state index contributed by atoms with van der Waals surface area (Å²) >= 11 is 1.48. The molecule has 1 atom stereocenters. The van der Waals surface area contributed by atoms with Crippen LogP contribution in [0.25, 0.3) is 62.5 Å². The van der Waals surface area contributed by atoms with Crippen LogP contribution in [-0.2, 0) is 3.42 Å². The van der Waals surface area contributed by atoms with Gasteiger partial charge in [-0.05, 0) is 90.8 Å². The Morgan fingerprint density at radius 2 is 0.754 bits per heavy atom. The van der Waals surface area contributed by atoms with E-state index in [2.05, 4.69) is 6.58 Å². The molecule has 7 aromatic carbocycles. The van der Waals surface area contributed by atoms with Crippen LogP contribution in [0.15, 0.2) is 219 Å². The minimum absolute atomic E-state index is 0.0371. The third kappa shape index (κ3) is 10.4. The highest BCUT2D eigenvalue weighted by Gasteiger charge is 2.55. The second-order valence-corrected chi connectivity index (χ2v) is 17.1. The van der Waals surface area contributed by atoms with E-state index in [-0.39, 0.29) is 11.1 Å². The van der Waals surface area contributed by atoms with E-state index in [0.717, 1.165) is 33.4 Å². The summed E-state index contributed by atoms with van der Waals surface area (Å²) in [7, 11) is 0. The molecule has 0 radical (unpaired) electrons. The van der Waals surface area contributed by atoms with Gasteiger partial charge in [-0.15, -0.1) is 0 Å². The summed E-state index contributed by atoms with van der Waals surface area (Å²) in [5.74, 6) is 4.77. The Hall–Kier alpha value is -8.10. The number of ether oxygens (including phenoxy) is 2. The fourth-order valence-corrected chi connectivity index (χ4v) is 8.09. The van der Waals surface area contributed by atoms with Crippen molar-refractivity contribution in [1.29, 1.82) is 0 Å². The zero-order valence-corrected chi connectivity index (χ0v) is 39.1. The molecule has 69 heavy (non-hydrogen) atoms. The van der Waals surface area contributed by atoms with Gasteiger partial charge in [0, 0.05) is 33.4 Å². The van der Waals surface area contributed by atoms with Gasteiger partial charge in [-0.2, -0.15) is 13.2 Å². The van der Waals surface area contributed by atoms with Gasteiger partial charge in [-0.3, -0.25) is 0 Å². The minimum atomic E-state index is -4.65. The van der Waals surface area contributed by atoms with E-state index in [1.165, 1.54) is 71.1 Å². The molecule has 0 aliphatic heterocycles. The first-order valence-corrected chi connectivity index (χ1v) is 22.8. The highest BCUT2D eigenvalue weighted by atomic mass is 127. The van der Waals surface area contributed by atoms with Crippen LogP contribution in [0.2, 0.25) is 0 Å². The van der Waals surface area contributed by atoms with Crippen LogP contribution in [0, 0.1) is 0 Å². The van der Waals surface area contributed by atoms with E-state index in [0.29, 0.717) is 57.9 Å². The normalized spacial score (nSPS) is 12.6. The predicted molar refractivity (Wildman–Crippen MR) is 274 cm³/mol. The molecule has 338 valence electrons. The Balaban J connectivity index is 0.900. The minimum Gasteiger partial charge on any atom is -0.457 e. The Morgan fingerprint density at radius 3 is 1.06 bits per heavy atom. The molecule has 0 amide bonds. The summed E-state index contributed by atoms with van der Waals surface area (Å²) in [6, 6.07) is 55.3. The molecule has 0 unspecified atom stereocenters. The van der Waals surface area contributed by atoms with E-state index < -0.39 is 9.60 Å². The Labute approximate surface area is 410 Å². The maximum atomic E-state index is 15.1. The lowest BCUT2D eigenvalue weighted by atomic mass is 9.90. The van der Waals surface area contributed by atoms with Gasteiger partial charge in [0.15, 0.2) is 38.4 Å². The van der Waals surface area contributed by atoms with Crippen LogP contribution in [0.5, 0.6) is 23.0 Å². The van der Waals surface area contributed by atoms with E-state index >= 15 is 13.2 Å². The van der Waals surface area contributed by atoms with Gasteiger partial charge >= 0.3 is 6.18 Å². The molecule has 0 aliphatic carbocycles. The summed E-state index contributed by atoms with van der Waals surface area (Å²) in [4.78, 5) is 28.6. The number of nitrogens with zero attached hydrogens (tertiary/aromatic N) is 6. The molecule has 0 saturated carbocycles. The van der Waals surface area contributed by atoms with Crippen LogP contribution in [0.4, 0.5) is 13.2 Å². The molecule has 0 saturated heterocycles. The maximum Gasteiger partial charge on any atom is 0.411 e. The van der Waals surface area contributed by atoms with Gasteiger partial charge in [0.25, 0.3) is 0 Å². The number of hydrogen-bond acceptors (Lipinski definition) is 8. The van der Waals surface area contributed by atoms with Crippen LogP contribution in [0.3, 0.4) is 0 Å². The van der Waals surface area contributed by atoms with Crippen molar-refractivity contribution in [1.82, 2.24) is 29.9 Å². The molecule has 9 aromatic rings. The Bertz CT molecular complexity index is 3210. The second-order valence-electron chi connectivity index (χ2n) is 15.5. The first-order chi connectivity index (χ1) is 33.6. The number of hydrogen-bond donors (Lipinski definition) is 0. The van der Waals surface area contributed by atoms with Gasteiger partial charge in [0.05, 0.1) is 0 Å². The number of benzene rings is 7. The number of allylic oxidation sites excluding steroid dienone is 5. The van der Waals surface area contributed by atoms with Crippen LogP contribution in [-0.4, -0.2) is 36.1 Å². The molecule has 2 heterocycles. The fourth-order valence-electron chi connectivity index (χ4n) is 7.38. The van der Waals surface area contributed by atoms with Crippen molar-refractivity contribution < 1.29 is 22.6 Å². The van der Waals surface area contributed by atoms with Crippen molar-refractivity contribution in [2.24, 2.45) is 0 Å². The molecule has 2 aromatic heterocycles. The number of alkyl halides is 4. The first kappa shape index (κ1) is 46.0. The second kappa shape index (κ2) is 20.4. The van der Waals surface area contributed by atoms with Crippen molar-refractivity contribution in [3.05, 3.63) is 236 Å². The highest BCUT2D eigenvalue weighted by molar-refractivity contribution is 14.1. The van der Waals surface area contributed by atoms with E-state index in [9.17, 15) is 0 Å². The topological polar surface area (TPSA) is 95.8 Å². The summed E-state index contributed by atoms with van der Waals surface area (Å²) in [6.45, 7) is 5.68. The molecule has 0 spiro atoms. The Morgan fingerprint density at radius 1 is 0.449 bits per heavy atom. The third-order valence-electron chi connectivity index (χ3n) is 10.9. The van der Waals surface area contributed by atoms with Crippen molar-refractivity contribution in [3.63, 3.8) is 0 Å². The van der Waals surface area contributed by atoms with Gasteiger partial charge in [-0.25, -0.2) is 29.9 Å². The van der Waals surface area contributed by atoms with Crippen molar-refractivity contribution in [3.8, 4) is 79.9 Å². The SMILES string of the molecule is C=C/C=C\C(=C/C)c1nc(-c2ccccc2)nc(-c2ccc(Oc3ccc([C@@](I)(c4ccc(Oc5ccc(-c6nc(-c7ccccc7)nc(-c7ccccc7)n6)cc5)cc4)C(F)(F)F)cc3)cc2)n1. The van der Waals surface area contributed by atoms with E-state index in [1.54, 1.807) is 30.3 Å². The van der Waals surface area contributed by atoms with Gasteiger partial charge in [0.1, 0.15) is 23.0 Å². The largest absolute Gasteiger partial charge is 0.457 e. The molecular weight excluding hydrogens is 985 g/mol. The summed E-state index contributed by atoms with van der Waals surface area (Å²) in [5, 5.41) is 0. The molecule has 0 N–H and O–H groups in total. The smallest absolute Gasteiger partial charge is 0.411 e. The lowest BCUT2D eigenvalue weighted by Crippen LogP contribution is -2.37. The van der Waals surface area contributed by atoms with Gasteiger partial charge < -0.3 is 9.47 Å². The quantitative estimate of drug-likeness (QED) is 0.0604. The Kier molecular flexibility index (Phi) is 13.6. The van der Waals surface area contributed by atoms with Gasteiger partial charge in [0.2, 0.25) is 0 Å². The molecule has 9 rings (SSSR count). The van der Waals surface area contributed by atoms with Crippen LogP contribution < -0.4 is 9.47 Å².